The second-order valence-corrected chi connectivity index (χ2v) is 6.29. The Labute approximate surface area is 117 Å². The number of carbonyl (C=O) groups excluding carboxylic acids is 1. The fourth-order valence-corrected chi connectivity index (χ4v) is 3.92. The topological polar surface area (TPSA) is 20.3 Å². The van der Waals surface area contributed by atoms with Gasteiger partial charge in [-0.2, -0.15) is 0 Å². The molecule has 96 valence electrons. The van der Waals surface area contributed by atoms with E-state index in [2.05, 4.69) is 12.1 Å². The number of carbonyl (C=O) groups is 1. The van der Waals surface area contributed by atoms with Crippen LogP contribution in [0.2, 0.25) is 0 Å². The molecule has 18 heavy (non-hydrogen) atoms. The highest BCUT2D eigenvalue weighted by Crippen LogP contribution is 2.41. The van der Waals surface area contributed by atoms with E-state index in [0.717, 1.165) is 18.6 Å². The van der Waals surface area contributed by atoms with Crippen molar-refractivity contribution in [2.75, 3.05) is 18.2 Å². The number of benzene rings is 1. The van der Waals surface area contributed by atoms with Gasteiger partial charge in [-0.05, 0) is 24.5 Å². The van der Waals surface area contributed by atoms with Crippen molar-refractivity contribution >= 4 is 29.3 Å². The molecule has 1 aliphatic carbocycles. The monoisotopic (exact) mass is 281 g/mol. The fraction of sp³-hybridized carbons (Fsp3) is 0.500. The molecule has 1 amide bonds. The number of alkyl halides is 1. The van der Waals surface area contributed by atoms with E-state index in [1.165, 1.54) is 10.5 Å². The third-order valence-corrected chi connectivity index (χ3v) is 4.95. The van der Waals surface area contributed by atoms with Gasteiger partial charge >= 0.3 is 0 Å². The molecular weight excluding hydrogens is 266 g/mol. The largest absolute Gasteiger partial charge is 0.338 e. The van der Waals surface area contributed by atoms with E-state index in [-0.39, 0.29) is 11.8 Å². The Kier molecular flexibility index (Phi) is 3.53. The summed E-state index contributed by atoms with van der Waals surface area (Å²) >= 11 is 7.61. The van der Waals surface area contributed by atoms with Crippen molar-refractivity contribution in [3.63, 3.8) is 0 Å². The lowest BCUT2D eigenvalue weighted by molar-refractivity contribution is -0.132. The minimum Gasteiger partial charge on any atom is -0.338 e. The van der Waals surface area contributed by atoms with Gasteiger partial charge in [0.2, 0.25) is 5.91 Å². The number of nitrogens with zero attached hydrogens (tertiary/aromatic N) is 1. The van der Waals surface area contributed by atoms with E-state index in [4.69, 9.17) is 11.6 Å². The lowest BCUT2D eigenvalue weighted by Gasteiger charge is -2.24. The number of thioether (sulfide) groups is 1. The third-order valence-electron chi connectivity index (χ3n) is 3.59. The van der Waals surface area contributed by atoms with Crippen LogP contribution in [0.4, 0.5) is 0 Å². The van der Waals surface area contributed by atoms with Gasteiger partial charge in [-0.1, -0.05) is 18.2 Å². The normalized spacial score (nSPS) is 21.7. The van der Waals surface area contributed by atoms with Crippen LogP contribution in [0.25, 0.3) is 0 Å². The molecule has 1 aromatic rings. The summed E-state index contributed by atoms with van der Waals surface area (Å²) in [6.07, 6.45) is 2.29. The molecule has 2 aliphatic rings. The van der Waals surface area contributed by atoms with Crippen LogP contribution < -0.4 is 0 Å². The molecule has 3 rings (SSSR count). The highest BCUT2D eigenvalue weighted by molar-refractivity contribution is 7.99. The molecular formula is C14H16ClNOS. The molecule has 1 saturated carbocycles. The van der Waals surface area contributed by atoms with Crippen molar-refractivity contribution in [1.29, 1.82) is 0 Å². The first kappa shape index (κ1) is 12.4. The van der Waals surface area contributed by atoms with Crippen LogP contribution in [-0.2, 0) is 4.79 Å². The second-order valence-electron chi connectivity index (χ2n) is 4.85. The first-order valence-corrected chi connectivity index (χ1v) is 7.91. The summed E-state index contributed by atoms with van der Waals surface area (Å²) < 4.78 is 0. The highest BCUT2D eigenvalue weighted by Gasteiger charge is 2.38. The molecule has 1 aromatic carbocycles. The Morgan fingerprint density at radius 2 is 2.17 bits per heavy atom. The van der Waals surface area contributed by atoms with Crippen LogP contribution in [-0.4, -0.2) is 35.0 Å². The van der Waals surface area contributed by atoms with E-state index < -0.39 is 0 Å². The Balaban J connectivity index is 1.80. The molecule has 0 saturated heterocycles. The van der Waals surface area contributed by atoms with Gasteiger partial charge < -0.3 is 4.90 Å². The molecule has 1 fully saturated rings. The maximum atomic E-state index is 12.6. The number of amides is 1. The summed E-state index contributed by atoms with van der Waals surface area (Å²) in [6, 6.07) is 8.71. The van der Waals surface area contributed by atoms with Crippen LogP contribution in [0.1, 0.15) is 24.3 Å². The SMILES string of the molecule is O=C(C1CSc2ccccc21)N(CCCl)C1CC1. The average molecular weight is 282 g/mol. The van der Waals surface area contributed by atoms with Crippen LogP contribution in [0.5, 0.6) is 0 Å². The minimum absolute atomic E-state index is 0.0371. The first-order valence-electron chi connectivity index (χ1n) is 6.39. The molecule has 0 aromatic heterocycles. The zero-order valence-corrected chi connectivity index (χ0v) is 11.7. The Morgan fingerprint density at radius 1 is 1.39 bits per heavy atom. The molecule has 0 radical (unpaired) electrons. The summed E-state index contributed by atoms with van der Waals surface area (Å²) in [6.45, 7) is 0.689. The van der Waals surface area contributed by atoms with Crippen LogP contribution in [0.15, 0.2) is 29.2 Å². The van der Waals surface area contributed by atoms with Crippen molar-refractivity contribution in [2.45, 2.75) is 29.7 Å². The molecule has 2 nitrogen and oxygen atoms in total. The van der Waals surface area contributed by atoms with Crippen LogP contribution in [0.3, 0.4) is 0 Å². The summed E-state index contributed by atoms with van der Waals surface area (Å²) in [7, 11) is 0. The van der Waals surface area contributed by atoms with Crippen molar-refractivity contribution in [3.8, 4) is 0 Å². The Bertz CT molecular complexity index is 461. The average Bonchev–Trinajstić information content (AvgIpc) is 3.14. The van der Waals surface area contributed by atoms with Gasteiger partial charge in [0.1, 0.15) is 0 Å². The third kappa shape index (κ3) is 2.26. The summed E-state index contributed by atoms with van der Waals surface area (Å²) in [4.78, 5) is 15.9. The van der Waals surface area contributed by atoms with Gasteiger partial charge in [0.05, 0.1) is 5.92 Å². The fourth-order valence-electron chi connectivity index (χ4n) is 2.52. The van der Waals surface area contributed by atoms with E-state index in [1.54, 1.807) is 11.8 Å². The number of fused-ring (bicyclic) bond motifs is 1. The van der Waals surface area contributed by atoms with E-state index in [1.807, 2.05) is 17.0 Å². The van der Waals surface area contributed by atoms with Gasteiger partial charge in [0, 0.05) is 29.1 Å². The van der Waals surface area contributed by atoms with Gasteiger partial charge in [0.25, 0.3) is 0 Å². The second kappa shape index (κ2) is 5.14. The molecule has 0 spiro atoms. The zero-order chi connectivity index (χ0) is 12.5. The Hall–Kier alpha value is -0.670. The molecule has 0 N–H and O–H groups in total. The molecule has 1 atom stereocenters. The van der Waals surface area contributed by atoms with E-state index in [0.29, 0.717) is 18.5 Å². The maximum absolute atomic E-state index is 12.6. The van der Waals surface area contributed by atoms with E-state index >= 15 is 0 Å². The lowest BCUT2D eigenvalue weighted by atomic mass is 10.00. The number of hydrogen-bond acceptors (Lipinski definition) is 2. The molecule has 4 heteroatoms. The molecule has 1 heterocycles. The van der Waals surface area contributed by atoms with Gasteiger partial charge in [-0.25, -0.2) is 0 Å². The predicted octanol–water partition coefficient (Wildman–Crippen LogP) is 3.11. The van der Waals surface area contributed by atoms with Crippen molar-refractivity contribution in [1.82, 2.24) is 4.90 Å². The Morgan fingerprint density at radius 3 is 2.89 bits per heavy atom. The standard InChI is InChI=1S/C14H16ClNOS/c15-7-8-16(10-5-6-10)14(17)12-9-18-13-4-2-1-3-11(12)13/h1-4,10,12H,5-9H2. The first-order chi connectivity index (χ1) is 8.81. The predicted molar refractivity (Wildman–Crippen MR) is 75.4 cm³/mol. The molecule has 1 unspecified atom stereocenters. The smallest absolute Gasteiger partial charge is 0.231 e. The van der Waals surface area contributed by atoms with Crippen LogP contribution in [0, 0.1) is 0 Å². The number of rotatable bonds is 4. The minimum atomic E-state index is 0.0371. The quantitative estimate of drug-likeness (QED) is 0.791. The molecule has 1 aliphatic heterocycles. The lowest BCUT2D eigenvalue weighted by Crippen LogP contribution is -2.38. The van der Waals surface area contributed by atoms with Crippen LogP contribution >= 0.6 is 23.4 Å². The highest BCUT2D eigenvalue weighted by atomic mass is 35.5. The number of halogens is 1. The zero-order valence-electron chi connectivity index (χ0n) is 10.1. The summed E-state index contributed by atoms with van der Waals surface area (Å²) in [5.41, 5.74) is 1.20. The summed E-state index contributed by atoms with van der Waals surface area (Å²) in [5.74, 6) is 1.72. The van der Waals surface area contributed by atoms with Gasteiger partial charge in [-0.15, -0.1) is 23.4 Å². The summed E-state index contributed by atoms with van der Waals surface area (Å²) in [5, 5.41) is 0. The van der Waals surface area contributed by atoms with Gasteiger partial charge in [0.15, 0.2) is 0 Å². The van der Waals surface area contributed by atoms with Crippen molar-refractivity contribution in [2.24, 2.45) is 0 Å². The molecule has 0 bridgehead atoms. The maximum Gasteiger partial charge on any atom is 0.231 e. The van der Waals surface area contributed by atoms with Crippen molar-refractivity contribution < 1.29 is 4.79 Å². The van der Waals surface area contributed by atoms with E-state index in [9.17, 15) is 4.79 Å². The van der Waals surface area contributed by atoms with Crippen molar-refractivity contribution in [3.05, 3.63) is 29.8 Å². The number of hydrogen-bond donors (Lipinski definition) is 0. The van der Waals surface area contributed by atoms with Gasteiger partial charge in [-0.3, -0.25) is 4.79 Å².